The van der Waals surface area contributed by atoms with E-state index in [2.05, 4.69) is 21.9 Å². The van der Waals surface area contributed by atoms with Crippen LogP contribution in [0.4, 0.5) is 0 Å². The Labute approximate surface area is 153 Å². The molecular weight excluding hydrogens is 326 g/mol. The Morgan fingerprint density at radius 3 is 2.54 bits per heavy atom. The Balaban J connectivity index is 2.07. The first-order chi connectivity index (χ1) is 12.6. The van der Waals surface area contributed by atoms with Gasteiger partial charge in [0, 0.05) is 18.0 Å². The second kappa shape index (κ2) is 7.95. The van der Waals surface area contributed by atoms with Gasteiger partial charge in [-0.15, -0.1) is 0 Å². The molecule has 5 heteroatoms. The molecule has 3 aromatic rings. The summed E-state index contributed by atoms with van der Waals surface area (Å²) in [4.78, 5) is 24.3. The number of nitrogens with one attached hydrogen (secondary N) is 1. The van der Waals surface area contributed by atoms with Crippen LogP contribution in [-0.2, 0) is 6.42 Å². The maximum atomic E-state index is 12.8. The number of aromatic nitrogens is 3. The first-order valence-corrected chi connectivity index (χ1v) is 8.90. The van der Waals surface area contributed by atoms with E-state index in [9.17, 15) is 4.79 Å². The topological polar surface area (TPSA) is 67.9 Å². The van der Waals surface area contributed by atoms with E-state index in [-0.39, 0.29) is 17.2 Å². The summed E-state index contributed by atoms with van der Waals surface area (Å²) in [5.41, 5.74) is 2.27. The van der Waals surface area contributed by atoms with Crippen molar-refractivity contribution in [3.05, 3.63) is 70.4 Å². The first kappa shape index (κ1) is 17.9. The van der Waals surface area contributed by atoms with Crippen LogP contribution >= 0.6 is 0 Å². The maximum absolute atomic E-state index is 12.8. The molecule has 0 unspecified atom stereocenters. The van der Waals surface area contributed by atoms with Gasteiger partial charge >= 0.3 is 0 Å². The van der Waals surface area contributed by atoms with Gasteiger partial charge in [0.1, 0.15) is 11.6 Å². The van der Waals surface area contributed by atoms with Crippen molar-refractivity contribution in [3.8, 4) is 22.9 Å². The maximum Gasteiger partial charge on any atom is 0.294 e. The van der Waals surface area contributed by atoms with E-state index in [1.807, 2.05) is 50.2 Å². The molecule has 134 valence electrons. The van der Waals surface area contributed by atoms with E-state index in [1.54, 1.807) is 12.4 Å². The van der Waals surface area contributed by atoms with E-state index in [0.717, 1.165) is 24.0 Å². The Hall–Kier alpha value is -2.95. The summed E-state index contributed by atoms with van der Waals surface area (Å²) in [5, 5.41) is 0. The summed E-state index contributed by atoms with van der Waals surface area (Å²) >= 11 is 0. The van der Waals surface area contributed by atoms with E-state index >= 15 is 0 Å². The first-order valence-electron chi connectivity index (χ1n) is 8.90. The van der Waals surface area contributed by atoms with Crippen molar-refractivity contribution in [2.45, 2.75) is 39.5 Å². The zero-order valence-electron chi connectivity index (χ0n) is 15.3. The monoisotopic (exact) mass is 349 g/mol. The van der Waals surface area contributed by atoms with Crippen LogP contribution in [0.3, 0.4) is 0 Å². The average Bonchev–Trinajstić information content (AvgIpc) is 2.65. The second-order valence-corrected chi connectivity index (χ2v) is 6.48. The molecule has 0 saturated heterocycles. The molecule has 0 aliphatic carbocycles. The van der Waals surface area contributed by atoms with Crippen LogP contribution in [0.2, 0.25) is 0 Å². The number of ether oxygens (including phenoxy) is 1. The standard InChI is InChI=1S/C21H23N3O2/c1-4-7-15-8-5-6-9-17(15)26-19-18(14(2)3)23-20(24-21(19)25)16-10-12-22-13-11-16/h5-6,8-14H,4,7H2,1-3H3,(H,23,24,25). The molecule has 1 N–H and O–H groups in total. The molecule has 0 spiro atoms. The lowest BCUT2D eigenvalue weighted by Crippen LogP contribution is -2.16. The minimum atomic E-state index is -0.276. The predicted octanol–water partition coefficient (Wildman–Crippen LogP) is 4.70. The third-order valence-corrected chi connectivity index (χ3v) is 4.11. The van der Waals surface area contributed by atoms with Gasteiger partial charge in [-0.1, -0.05) is 45.4 Å². The lowest BCUT2D eigenvalue weighted by molar-refractivity contribution is 0.454. The van der Waals surface area contributed by atoms with Crippen LogP contribution in [0.1, 0.15) is 44.4 Å². The van der Waals surface area contributed by atoms with Crippen LogP contribution in [-0.4, -0.2) is 15.0 Å². The third-order valence-electron chi connectivity index (χ3n) is 4.11. The summed E-state index contributed by atoms with van der Waals surface area (Å²) in [7, 11) is 0. The molecule has 2 aromatic heterocycles. The molecule has 0 amide bonds. The van der Waals surface area contributed by atoms with E-state index < -0.39 is 0 Å². The number of aryl methyl sites for hydroxylation is 1. The van der Waals surface area contributed by atoms with Gasteiger partial charge in [-0.2, -0.15) is 0 Å². The molecule has 0 atom stereocenters. The fraction of sp³-hybridized carbons (Fsp3) is 0.286. The van der Waals surface area contributed by atoms with Gasteiger partial charge in [0.2, 0.25) is 5.75 Å². The zero-order chi connectivity index (χ0) is 18.5. The van der Waals surface area contributed by atoms with Crippen molar-refractivity contribution in [2.24, 2.45) is 0 Å². The summed E-state index contributed by atoms with van der Waals surface area (Å²) in [5.74, 6) is 1.54. The smallest absolute Gasteiger partial charge is 0.294 e. The third kappa shape index (κ3) is 3.82. The summed E-state index contributed by atoms with van der Waals surface area (Å²) in [6, 6.07) is 11.5. The normalized spacial score (nSPS) is 10.9. The minimum absolute atomic E-state index is 0.0474. The number of rotatable bonds is 6. The van der Waals surface area contributed by atoms with Crippen molar-refractivity contribution < 1.29 is 4.74 Å². The number of hydrogen-bond acceptors (Lipinski definition) is 4. The van der Waals surface area contributed by atoms with Crippen molar-refractivity contribution in [3.63, 3.8) is 0 Å². The number of aromatic amines is 1. The molecule has 5 nitrogen and oxygen atoms in total. The molecule has 0 saturated carbocycles. The van der Waals surface area contributed by atoms with Crippen molar-refractivity contribution >= 4 is 0 Å². The van der Waals surface area contributed by atoms with Crippen LogP contribution in [0.25, 0.3) is 11.4 Å². The molecule has 0 aliphatic rings. The van der Waals surface area contributed by atoms with Gasteiger partial charge in [-0.25, -0.2) is 4.98 Å². The van der Waals surface area contributed by atoms with Gasteiger partial charge in [0.25, 0.3) is 5.56 Å². The van der Waals surface area contributed by atoms with Crippen molar-refractivity contribution in [2.75, 3.05) is 0 Å². The molecule has 0 aliphatic heterocycles. The summed E-state index contributed by atoms with van der Waals surface area (Å²) in [6.07, 6.45) is 5.26. The number of hydrogen-bond donors (Lipinski definition) is 1. The number of para-hydroxylation sites is 1. The number of nitrogens with zero attached hydrogens (tertiary/aromatic N) is 2. The Morgan fingerprint density at radius 2 is 1.85 bits per heavy atom. The molecule has 0 fully saturated rings. The highest BCUT2D eigenvalue weighted by Gasteiger charge is 2.18. The van der Waals surface area contributed by atoms with Crippen molar-refractivity contribution in [1.82, 2.24) is 15.0 Å². The average molecular weight is 349 g/mol. The molecule has 0 radical (unpaired) electrons. The Kier molecular flexibility index (Phi) is 5.46. The van der Waals surface area contributed by atoms with Gasteiger partial charge in [-0.05, 0) is 36.1 Å². The van der Waals surface area contributed by atoms with Crippen LogP contribution in [0, 0.1) is 0 Å². The van der Waals surface area contributed by atoms with Crippen LogP contribution < -0.4 is 10.3 Å². The van der Waals surface area contributed by atoms with Gasteiger partial charge in [-0.3, -0.25) is 9.78 Å². The SMILES string of the molecule is CCCc1ccccc1Oc1c(C(C)C)nc(-c2ccncc2)[nH]c1=O. The van der Waals surface area contributed by atoms with Crippen molar-refractivity contribution in [1.29, 1.82) is 0 Å². The molecule has 1 aromatic carbocycles. The highest BCUT2D eigenvalue weighted by Crippen LogP contribution is 2.30. The highest BCUT2D eigenvalue weighted by molar-refractivity contribution is 5.55. The zero-order valence-corrected chi connectivity index (χ0v) is 15.3. The predicted molar refractivity (Wildman–Crippen MR) is 103 cm³/mol. The summed E-state index contributed by atoms with van der Waals surface area (Å²) < 4.78 is 6.06. The highest BCUT2D eigenvalue weighted by atomic mass is 16.5. The number of H-pyrrole nitrogens is 1. The lowest BCUT2D eigenvalue weighted by atomic mass is 10.1. The molecule has 0 bridgehead atoms. The van der Waals surface area contributed by atoms with E-state index in [4.69, 9.17) is 4.74 Å². The number of pyridine rings is 1. The Bertz CT molecular complexity index is 933. The molecular formula is C21H23N3O2. The molecule has 26 heavy (non-hydrogen) atoms. The van der Waals surface area contributed by atoms with Crippen LogP contribution in [0.15, 0.2) is 53.6 Å². The fourth-order valence-corrected chi connectivity index (χ4v) is 2.81. The molecule has 3 rings (SSSR count). The summed E-state index contributed by atoms with van der Waals surface area (Å²) in [6.45, 7) is 6.13. The van der Waals surface area contributed by atoms with E-state index in [1.165, 1.54) is 0 Å². The quantitative estimate of drug-likeness (QED) is 0.700. The van der Waals surface area contributed by atoms with Gasteiger partial charge < -0.3 is 9.72 Å². The Morgan fingerprint density at radius 1 is 1.12 bits per heavy atom. The van der Waals surface area contributed by atoms with E-state index in [0.29, 0.717) is 17.3 Å². The second-order valence-electron chi connectivity index (χ2n) is 6.48. The van der Waals surface area contributed by atoms with Crippen LogP contribution in [0.5, 0.6) is 11.5 Å². The molecule has 2 heterocycles. The number of benzene rings is 1. The van der Waals surface area contributed by atoms with Gasteiger partial charge in [0.05, 0.1) is 5.69 Å². The lowest BCUT2D eigenvalue weighted by Gasteiger charge is -2.15. The van der Waals surface area contributed by atoms with Gasteiger partial charge in [0.15, 0.2) is 0 Å². The largest absolute Gasteiger partial charge is 0.449 e. The minimum Gasteiger partial charge on any atom is -0.449 e. The fourth-order valence-electron chi connectivity index (χ4n) is 2.81.